The van der Waals surface area contributed by atoms with Gasteiger partial charge in [-0.3, -0.25) is 0 Å². The van der Waals surface area contributed by atoms with Crippen LogP contribution in [-0.2, 0) is 0 Å². The van der Waals surface area contributed by atoms with Crippen LogP contribution in [-0.4, -0.2) is 0 Å². The Kier molecular flexibility index (Phi) is 2.90. The summed E-state index contributed by atoms with van der Waals surface area (Å²) in [7, 11) is 0. The minimum atomic E-state index is 0.808. The van der Waals surface area contributed by atoms with E-state index in [9.17, 15) is 0 Å². The Morgan fingerprint density at radius 3 is 2.33 bits per heavy atom. The molecule has 5 atom stereocenters. The molecule has 0 N–H and O–H groups in total. The molecule has 2 saturated carbocycles. The summed E-state index contributed by atoms with van der Waals surface area (Å²) in [6.45, 7) is 12.2. The summed E-state index contributed by atoms with van der Waals surface area (Å²) < 4.78 is 0. The highest BCUT2D eigenvalue weighted by atomic mass is 14.7. The Morgan fingerprint density at radius 1 is 1.27 bits per heavy atom. The van der Waals surface area contributed by atoms with Gasteiger partial charge in [-0.25, -0.2) is 0 Å². The zero-order valence-corrected chi connectivity index (χ0v) is 11.2. The van der Waals surface area contributed by atoms with Crippen LogP contribution in [0.5, 0.6) is 0 Å². The second-order valence-electron chi connectivity index (χ2n) is 6.43. The molecular formula is C15H28. The molecule has 0 nitrogen and oxygen atoms in total. The first-order valence-electron chi connectivity index (χ1n) is 7.09. The van der Waals surface area contributed by atoms with Crippen molar-refractivity contribution in [3.05, 3.63) is 0 Å². The molecule has 15 heavy (non-hydrogen) atoms. The van der Waals surface area contributed by atoms with Gasteiger partial charge in [0.2, 0.25) is 0 Å². The van der Waals surface area contributed by atoms with Crippen molar-refractivity contribution in [2.24, 2.45) is 35.0 Å². The summed E-state index contributed by atoms with van der Waals surface area (Å²) in [6, 6.07) is 0. The molecule has 2 aliphatic rings. The van der Waals surface area contributed by atoms with Crippen molar-refractivity contribution in [2.45, 2.75) is 60.3 Å². The van der Waals surface area contributed by atoms with Crippen molar-refractivity contribution in [3.63, 3.8) is 0 Å². The predicted molar refractivity (Wildman–Crippen MR) is 66.7 cm³/mol. The summed E-state index contributed by atoms with van der Waals surface area (Å²) in [6.07, 6.45) is 5.83. The first-order valence-corrected chi connectivity index (χ1v) is 7.09. The Morgan fingerprint density at radius 2 is 1.93 bits per heavy atom. The van der Waals surface area contributed by atoms with Crippen molar-refractivity contribution < 1.29 is 0 Å². The van der Waals surface area contributed by atoms with Gasteiger partial charge in [0.1, 0.15) is 0 Å². The fourth-order valence-electron chi connectivity index (χ4n) is 5.03. The summed E-state index contributed by atoms with van der Waals surface area (Å²) in [5.74, 6) is 5.11. The standard InChI is InChI=1S/C15H28/c1-6-8-13-11(5)15(9-12(15)7-2)14(13)10(3)4/h10-14H,6-9H2,1-5H3. The van der Waals surface area contributed by atoms with E-state index < -0.39 is 0 Å². The molecule has 2 rings (SSSR count). The van der Waals surface area contributed by atoms with Gasteiger partial charge in [-0.05, 0) is 41.4 Å². The lowest BCUT2D eigenvalue weighted by atomic mass is 9.49. The third kappa shape index (κ3) is 1.40. The van der Waals surface area contributed by atoms with Crippen LogP contribution in [0.2, 0.25) is 0 Å². The second kappa shape index (κ2) is 3.79. The van der Waals surface area contributed by atoms with Crippen LogP contribution in [0.3, 0.4) is 0 Å². The lowest BCUT2D eigenvalue weighted by Crippen LogP contribution is -2.50. The van der Waals surface area contributed by atoms with E-state index in [1.807, 2.05) is 0 Å². The Hall–Kier alpha value is 0. The number of hydrogen-bond donors (Lipinski definition) is 0. The zero-order chi connectivity index (χ0) is 11.2. The van der Waals surface area contributed by atoms with Gasteiger partial charge in [0, 0.05) is 0 Å². The van der Waals surface area contributed by atoms with Gasteiger partial charge in [0.25, 0.3) is 0 Å². The van der Waals surface area contributed by atoms with E-state index in [4.69, 9.17) is 0 Å². The molecule has 0 aromatic carbocycles. The zero-order valence-electron chi connectivity index (χ0n) is 11.2. The largest absolute Gasteiger partial charge is 0.0654 e. The molecule has 1 spiro atoms. The third-order valence-corrected chi connectivity index (χ3v) is 5.60. The molecule has 2 aliphatic carbocycles. The monoisotopic (exact) mass is 208 g/mol. The molecule has 5 unspecified atom stereocenters. The summed E-state index contributed by atoms with van der Waals surface area (Å²) in [5.41, 5.74) is 0.808. The van der Waals surface area contributed by atoms with Crippen LogP contribution in [0.1, 0.15) is 60.3 Å². The third-order valence-electron chi connectivity index (χ3n) is 5.60. The number of hydrogen-bond acceptors (Lipinski definition) is 0. The number of rotatable bonds is 4. The molecule has 0 aliphatic heterocycles. The molecule has 0 amide bonds. The van der Waals surface area contributed by atoms with Crippen LogP contribution in [0.25, 0.3) is 0 Å². The van der Waals surface area contributed by atoms with E-state index in [-0.39, 0.29) is 0 Å². The molecule has 0 aromatic rings. The van der Waals surface area contributed by atoms with Crippen LogP contribution < -0.4 is 0 Å². The first-order chi connectivity index (χ1) is 7.09. The Labute approximate surface area is 95.8 Å². The quantitative estimate of drug-likeness (QED) is 0.626. The van der Waals surface area contributed by atoms with E-state index in [2.05, 4.69) is 34.6 Å². The van der Waals surface area contributed by atoms with Crippen LogP contribution in [0.15, 0.2) is 0 Å². The predicted octanol–water partition coefficient (Wildman–Crippen LogP) is 4.74. The minimum absolute atomic E-state index is 0.808. The van der Waals surface area contributed by atoms with Gasteiger partial charge in [0.15, 0.2) is 0 Å². The highest BCUT2D eigenvalue weighted by Crippen LogP contribution is 2.77. The van der Waals surface area contributed by atoms with Crippen LogP contribution in [0, 0.1) is 35.0 Å². The van der Waals surface area contributed by atoms with E-state index in [1.54, 1.807) is 6.42 Å². The smallest absolute Gasteiger partial charge is 0.0204 e. The van der Waals surface area contributed by atoms with Crippen molar-refractivity contribution in [1.82, 2.24) is 0 Å². The SMILES string of the molecule is CCCC1C(C)C2(CC2CC)C1C(C)C. The molecule has 0 bridgehead atoms. The Bertz CT molecular complexity index is 230. The Balaban J connectivity index is 2.08. The maximum absolute atomic E-state index is 2.54. The van der Waals surface area contributed by atoms with E-state index in [0.29, 0.717) is 0 Å². The average Bonchev–Trinajstić information content (AvgIpc) is 2.93. The molecule has 2 fully saturated rings. The summed E-state index contributed by atoms with van der Waals surface area (Å²) >= 11 is 0. The fourth-order valence-corrected chi connectivity index (χ4v) is 5.03. The van der Waals surface area contributed by atoms with Crippen molar-refractivity contribution in [2.75, 3.05) is 0 Å². The highest BCUT2D eigenvalue weighted by Gasteiger charge is 2.70. The topological polar surface area (TPSA) is 0 Å². The second-order valence-corrected chi connectivity index (χ2v) is 6.43. The van der Waals surface area contributed by atoms with E-state index in [1.165, 1.54) is 19.3 Å². The summed E-state index contributed by atoms with van der Waals surface area (Å²) in [4.78, 5) is 0. The maximum Gasteiger partial charge on any atom is -0.0204 e. The van der Waals surface area contributed by atoms with Crippen LogP contribution in [0.4, 0.5) is 0 Å². The van der Waals surface area contributed by atoms with Gasteiger partial charge in [-0.15, -0.1) is 0 Å². The van der Waals surface area contributed by atoms with Crippen molar-refractivity contribution in [1.29, 1.82) is 0 Å². The molecule has 0 aromatic heterocycles. The molecule has 0 heteroatoms. The lowest BCUT2D eigenvalue weighted by Gasteiger charge is -2.56. The highest BCUT2D eigenvalue weighted by molar-refractivity contribution is 5.18. The van der Waals surface area contributed by atoms with Crippen LogP contribution >= 0.6 is 0 Å². The maximum atomic E-state index is 2.54. The van der Waals surface area contributed by atoms with E-state index >= 15 is 0 Å². The minimum Gasteiger partial charge on any atom is -0.0654 e. The molecule has 0 saturated heterocycles. The molecule has 0 radical (unpaired) electrons. The normalized spacial score (nSPS) is 48.4. The lowest BCUT2D eigenvalue weighted by molar-refractivity contribution is -0.0798. The summed E-state index contributed by atoms with van der Waals surface area (Å²) in [5, 5.41) is 0. The van der Waals surface area contributed by atoms with Gasteiger partial charge < -0.3 is 0 Å². The van der Waals surface area contributed by atoms with Gasteiger partial charge >= 0.3 is 0 Å². The van der Waals surface area contributed by atoms with Gasteiger partial charge in [-0.2, -0.15) is 0 Å². The molecular weight excluding hydrogens is 180 g/mol. The van der Waals surface area contributed by atoms with E-state index in [0.717, 1.165) is 35.0 Å². The molecule has 0 heterocycles. The van der Waals surface area contributed by atoms with Gasteiger partial charge in [-0.1, -0.05) is 53.9 Å². The van der Waals surface area contributed by atoms with Crippen molar-refractivity contribution >= 4 is 0 Å². The average molecular weight is 208 g/mol. The van der Waals surface area contributed by atoms with Crippen molar-refractivity contribution in [3.8, 4) is 0 Å². The molecule has 88 valence electrons. The first kappa shape index (κ1) is 11.5. The fraction of sp³-hybridized carbons (Fsp3) is 1.00. The van der Waals surface area contributed by atoms with Gasteiger partial charge in [0.05, 0.1) is 0 Å².